The summed E-state index contributed by atoms with van der Waals surface area (Å²) in [6.07, 6.45) is 0.874. The normalized spacial score (nSPS) is 10.8. The second-order valence-corrected chi connectivity index (χ2v) is 6.28. The van der Waals surface area contributed by atoms with Crippen LogP contribution in [0.2, 0.25) is 0 Å². The first-order valence-corrected chi connectivity index (χ1v) is 8.17. The summed E-state index contributed by atoms with van der Waals surface area (Å²) in [5.74, 6) is -0.224. The largest absolute Gasteiger partial charge is 0.362 e. The van der Waals surface area contributed by atoms with Crippen molar-refractivity contribution < 1.29 is 13.2 Å². The van der Waals surface area contributed by atoms with Gasteiger partial charge in [0, 0.05) is 19.2 Å². The summed E-state index contributed by atoms with van der Waals surface area (Å²) >= 11 is 4.91. The highest BCUT2D eigenvalue weighted by Crippen LogP contribution is 2.13. The molecule has 0 unspecified atom stereocenters. The van der Waals surface area contributed by atoms with E-state index in [1.54, 1.807) is 0 Å². The monoisotopic (exact) mass is 330 g/mol. The van der Waals surface area contributed by atoms with E-state index in [-0.39, 0.29) is 15.9 Å². The third-order valence-electron chi connectivity index (χ3n) is 2.32. The van der Waals surface area contributed by atoms with Crippen LogP contribution >= 0.6 is 12.2 Å². The zero-order valence-electron chi connectivity index (χ0n) is 11.8. The van der Waals surface area contributed by atoms with Crippen molar-refractivity contribution in [3.05, 3.63) is 24.3 Å². The molecule has 0 aliphatic heterocycles. The second-order valence-electron chi connectivity index (χ2n) is 4.19. The van der Waals surface area contributed by atoms with Crippen LogP contribution in [0.1, 0.15) is 20.3 Å². The summed E-state index contributed by atoms with van der Waals surface area (Å²) in [6.45, 7) is 4.00. The molecule has 0 saturated carbocycles. The number of amides is 1. The van der Waals surface area contributed by atoms with Crippen molar-refractivity contribution in [2.24, 2.45) is 0 Å². The van der Waals surface area contributed by atoms with Crippen LogP contribution in [0.4, 0.5) is 5.69 Å². The molecule has 1 amide bonds. The number of carbonyl (C=O) groups excluding carboxylic acids is 1. The van der Waals surface area contributed by atoms with Gasteiger partial charge < -0.3 is 10.6 Å². The zero-order valence-corrected chi connectivity index (χ0v) is 13.4. The summed E-state index contributed by atoms with van der Waals surface area (Å²) < 4.78 is 24.0. The quantitative estimate of drug-likeness (QED) is 0.453. The van der Waals surface area contributed by atoms with E-state index in [1.165, 1.54) is 31.2 Å². The Labute approximate surface area is 129 Å². The van der Waals surface area contributed by atoms with E-state index in [0.29, 0.717) is 12.2 Å². The molecule has 0 heterocycles. The van der Waals surface area contributed by atoms with Crippen molar-refractivity contribution in [3.63, 3.8) is 0 Å². The van der Waals surface area contributed by atoms with Crippen LogP contribution in [0.15, 0.2) is 29.2 Å². The predicted octanol–water partition coefficient (Wildman–Crippen LogP) is 0.712. The van der Waals surface area contributed by atoms with E-state index in [1.807, 2.05) is 6.92 Å². The van der Waals surface area contributed by atoms with E-state index in [9.17, 15) is 13.2 Å². The van der Waals surface area contributed by atoms with Gasteiger partial charge >= 0.3 is 0 Å². The van der Waals surface area contributed by atoms with Crippen molar-refractivity contribution in [2.75, 3.05) is 11.9 Å². The van der Waals surface area contributed by atoms with Gasteiger partial charge in [0.1, 0.15) is 0 Å². The van der Waals surface area contributed by atoms with E-state index in [2.05, 4.69) is 20.9 Å². The fraction of sp³-hybridized carbons (Fsp3) is 0.333. The Balaban J connectivity index is 2.65. The highest BCUT2D eigenvalue weighted by Gasteiger charge is 2.13. The molecule has 1 aromatic carbocycles. The molecular weight excluding hydrogens is 312 g/mol. The van der Waals surface area contributed by atoms with Crippen molar-refractivity contribution >= 4 is 38.9 Å². The smallest absolute Gasteiger partial charge is 0.257 e. The molecule has 1 aromatic rings. The first-order valence-electron chi connectivity index (χ1n) is 6.28. The van der Waals surface area contributed by atoms with Crippen molar-refractivity contribution in [3.8, 4) is 0 Å². The molecule has 9 heteroatoms. The number of hydrazine groups is 1. The highest BCUT2D eigenvalue weighted by atomic mass is 32.2. The van der Waals surface area contributed by atoms with E-state index >= 15 is 0 Å². The first kappa shape index (κ1) is 17.3. The highest BCUT2D eigenvalue weighted by molar-refractivity contribution is 7.89. The molecule has 4 N–H and O–H groups in total. The summed E-state index contributed by atoms with van der Waals surface area (Å²) in [5, 5.41) is 5.59. The number of benzene rings is 1. The average Bonchev–Trinajstić information content (AvgIpc) is 2.43. The van der Waals surface area contributed by atoms with Crippen LogP contribution in [0, 0.1) is 0 Å². The van der Waals surface area contributed by atoms with Crippen molar-refractivity contribution in [1.29, 1.82) is 0 Å². The average molecular weight is 330 g/mol. The number of carbonyl (C=O) groups is 1. The third-order valence-corrected chi connectivity index (χ3v) is 3.83. The van der Waals surface area contributed by atoms with Crippen molar-refractivity contribution in [2.45, 2.75) is 25.2 Å². The molecule has 0 bridgehead atoms. The maximum Gasteiger partial charge on any atom is 0.257 e. The summed E-state index contributed by atoms with van der Waals surface area (Å²) in [5.41, 5.74) is 2.94. The molecule has 0 aliphatic rings. The van der Waals surface area contributed by atoms with Gasteiger partial charge in [-0.2, -0.15) is 0 Å². The predicted molar refractivity (Wildman–Crippen MR) is 85.1 cm³/mol. The Kier molecular flexibility index (Phi) is 6.53. The first-order chi connectivity index (χ1) is 9.85. The lowest BCUT2D eigenvalue weighted by atomic mass is 10.3. The second kappa shape index (κ2) is 7.91. The van der Waals surface area contributed by atoms with E-state index < -0.39 is 10.0 Å². The number of anilines is 1. The van der Waals surface area contributed by atoms with Gasteiger partial charge in [0.2, 0.25) is 5.91 Å². The van der Waals surface area contributed by atoms with Gasteiger partial charge in [0.25, 0.3) is 10.0 Å². The lowest BCUT2D eigenvalue weighted by molar-refractivity contribution is -0.114. The Morgan fingerprint density at radius 2 is 1.86 bits per heavy atom. The van der Waals surface area contributed by atoms with E-state index in [0.717, 1.165) is 6.42 Å². The van der Waals surface area contributed by atoms with Gasteiger partial charge in [-0.25, -0.2) is 8.42 Å². The molecule has 0 radical (unpaired) electrons. The van der Waals surface area contributed by atoms with E-state index in [4.69, 9.17) is 12.2 Å². The Morgan fingerprint density at radius 3 is 2.38 bits per heavy atom. The minimum atomic E-state index is -3.73. The van der Waals surface area contributed by atoms with Gasteiger partial charge in [0.05, 0.1) is 4.90 Å². The molecule has 0 fully saturated rings. The zero-order chi connectivity index (χ0) is 15.9. The SMILES string of the molecule is CCCNC(=S)NNS(=O)(=O)c1ccc(NC(C)=O)cc1. The van der Waals surface area contributed by atoms with Crippen molar-refractivity contribution in [1.82, 2.24) is 15.6 Å². The standard InChI is InChI=1S/C12H18N4O3S2/c1-3-8-13-12(20)15-16-21(18,19)11-6-4-10(5-7-11)14-9(2)17/h4-7,16H,3,8H2,1-2H3,(H,14,17)(H2,13,15,20). The van der Waals surface area contributed by atoms with Crippen LogP contribution in [0.25, 0.3) is 0 Å². The Morgan fingerprint density at radius 1 is 1.24 bits per heavy atom. The van der Waals surface area contributed by atoms with Gasteiger partial charge in [-0.15, -0.1) is 4.83 Å². The number of nitrogens with one attached hydrogen (secondary N) is 4. The third kappa shape index (κ3) is 6.06. The molecule has 116 valence electrons. The molecule has 1 rings (SSSR count). The summed E-state index contributed by atoms with van der Waals surface area (Å²) in [7, 11) is -3.73. The number of hydrogen-bond donors (Lipinski definition) is 4. The van der Waals surface area contributed by atoms with Gasteiger partial charge in [0.15, 0.2) is 5.11 Å². The van der Waals surface area contributed by atoms with Crippen LogP contribution in [-0.4, -0.2) is 26.0 Å². The minimum absolute atomic E-state index is 0.0578. The van der Waals surface area contributed by atoms with Crippen LogP contribution in [-0.2, 0) is 14.8 Å². The molecule has 0 saturated heterocycles. The molecule has 0 aliphatic carbocycles. The minimum Gasteiger partial charge on any atom is -0.362 e. The number of sulfonamides is 1. The Bertz CT molecular complexity index is 599. The lowest BCUT2D eigenvalue weighted by Gasteiger charge is -2.11. The fourth-order valence-electron chi connectivity index (χ4n) is 1.38. The van der Waals surface area contributed by atoms with Crippen LogP contribution in [0.3, 0.4) is 0 Å². The van der Waals surface area contributed by atoms with Crippen LogP contribution < -0.4 is 20.9 Å². The van der Waals surface area contributed by atoms with Gasteiger partial charge in [-0.05, 0) is 42.9 Å². The summed E-state index contributed by atoms with van der Waals surface area (Å²) in [4.78, 5) is 13.1. The maximum atomic E-state index is 12.0. The molecular formula is C12H18N4O3S2. The number of hydrogen-bond acceptors (Lipinski definition) is 4. The topological polar surface area (TPSA) is 99.3 Å². The fourth-order valence-corrected chi connectivity index (χ4v) is 2.44. The molecule has 21 heavy (non-hydrogen) atoms. The van der Waals surface area contributed by atoms with Gasteiger partial charge in [-0.3, -0.25) is 10.2 Å². The maximum absolute atomic E-state index is 12.0. The Hall–Kier alpha value is -1.71. The molecule has 0 aromatic heterocycles. The molecule has 7 nitrogen and oxygen atoms in total. The lowest BCUT2D eigenvalue weighted by Crippen LogP contribution is -2.46. The number of rotatable bonds is 6. The molecule has 0 atom stereocenters. The number of thiocarbonyl (C=S) groups is 1. The molecule has 0 spiro atoms. The van der Waals surface area contributed by atoms with Crippen LogP contribution in [0.5, 0.6) is 0 Å². The van der Waals surface area contributed by atoms with Gasteiger partial charge in [-0.1, -0.05) is 6.92 Å². The summed E-state index contributed by atoms with van der Waals surface area (Å²) in [6, 6.07) is 5.78.